The smallest absolute Gasteiger partial charge is 0.0494 e. The van der Waals surface area contributed by atoms with Crippen molar-refractivity contribution in [1.29, 1.82) is 0 Å². The van der Waals surface area contributed by atoms with E-state index in [4.69, 9.17) is 16.7 Å². The van der Waals surface area contributed by atoms with Gasteiger partial charge in [-0.15, -0.1) is 0 Å². The summed E-state index contributed by atoms with van der Waals surface area (Å²) in [5.41, 5.74) is -0.0193. The molecule has 1 rings (SSSR count). The van der Waals surface area contributed by atoms with Crippen molar-refractivity contribution in [2.45, 2.75) is 20.3 Å². The van der Waals surface area contributed by atoms with Crippen molar-refractivity contribution in [2.75, 3.05) is 26.2 Å². The fourth-order valence-electron chi connectivity index (χ4n) is 1.55. The molecule has 1 heterocycles. The highest BCUT2D eigenvalue weighted by atomic mass is 35.5. The Hall–Kier alpha value is -0.0500. The van der Waals surface area contributed by atoms with E-state index in [0.717, 1.165) is 31.1 Å². The van der Waals surface area contributed by atoms with Crippen molar-refractivity contribution in [3.05, 3.63) is 11.1 Å². The van der Waals surface area contributed by atoms with E-state index in [2.05, 4.69) is 24.8 Å². The van der Waals surface area contributed by atoms with Crippen LogP contribution in [0.2, 0.25) is 0 Å². The third-order valence-corrected chi connectivity index (χ3v) is 2.54. The zero-order chi connectivity index (χ0) is 9.90. The van der Waals surface area contributed by atoms with Crippen LogP contribution in [0.5, 0.6) is 0 Å². The number of aliphatic hydroxyl groups excluding tert-OH is 1. The molecular formula is C10H18ClNO. The maximum atomic E-state index is 9.12. The second kappa shape index (κ2) is 4.45. The van der Waals surface area contributed by atoms with E-state index in [9.17, 15) is 0 Å². The van der Waals surface area contributed by atoms with Gasteiger partial charge < -0.3 is 5.11 Å². The van der Waals surface area contributed by atoms with Gasteiger partial charge in [0.25, 0.3) is 0 Å². The molecule has 1 aliphatic heterocycles. The number of nitrogens with zero attached hydrogens (tertiary/aromatic N) is 1. The van der Waals surface area contributed by atoms with E-state index in [1.165, 1.54) is 0 Å². The largest absolute Gasteiger partial charge is 0.396 e. The van der Waals surface area contributed by atoms with Gasteiger partial charge in [-0.2, -0.15) is 0 Å². The molecule has 0 aliphatic carbocycles. The first-order valence-electron chi connectivity index (χ1n) is 4.71. The summed E-state index contributed by atoms with van der Waals surface area (Å²) in [5.74, 6) is 0. The van der Waals surface area contributed by atoms with Crippen molar-refractivity contribution in [3.8, 4) is 0 Å². The van der Waals surface area contributed by atoms with Crippen LogP contribution in [0, 0.1) is 5.41 Å². The minimum Gasteiger partial charge on any atom is -0.396 e. The summed E-state index contributed by atoms with van der Waals surface area (Å²) >= 11 is 5.94. The van der Waals surface area contributed by atoms with Crippen molar-refractivity contribution in [3.63, 3.8) is 0 Å². The van der Waals surface area contributed by atoms with Crippen LogP contribution in [-0.2, 0) is 0 Å². The van der Waals surface area contributed by atoms with Crippen molar-refractivity contribution >= 4 is 11.6 Å². The summed E-state index contributed by atoms with van der Waals surface area (Å²) in [6.45, 7) is 7.17. The molecule has 0 aromatic carbocycles. The van der Waals surface area contributed by atoms with Crippen LogP contribution in [0.15, 0.2) is 11.1 Å². The van der Waals surface area contributed by atoms with Crippen LogP contribution in [0.1, 0.15) is 20.3 Å². The second-order valence-electron chi connectivity index (χ2n) is 4.47. The van der Waals surface area contributed by atoms with Crippen molar-refractivity contribution < 1.29 is 5.11 Å². The number of hydrogen-bond donors (Lipinski definition) is 1. The topological polar surface area (TPSA) is 23.5 Å². The predicted octanol–water partition coefficient (Wildman–Crippen LogP) is 1.83. The van der Waals surface area contributed by atoms with Crippen molar-refractivity contribution in [2.24, 2.45) is 5.41 Å². The molecule has 0 unspecified atom stereocenters. The summed E-state index contributed by atoms with van der Waals surface area (Å²) in [7, 11) is 0. The van der Waals surface area contributed by atoms with Crippen molar-refractivity contribution in [1.82, 2.24) is 4.90 Å². The SMILES string of the molecule is CC(C)(CO)CN1CCC=C(Cl)C1. The predicted molar refractivity (Wildman–Crippen MR) is 55.9 cm³/mol. The summed E-state index contributed by atoms with van der Waals surface area (Å²) < 4.78 is 0. The molecule has 0 spiro atoms. The summed E-state index contributed by atoms with van der Waals surface area (Å²) in [5, 5.41) is 10.0. The minimum absolute atomic E-state index is 0.0193. The van der Waals surface area contributed by atoms with Gasteiger partial charge in [0.1, 0.15) is 0 Å². The van der Waals surface area contributed by atoms with Gasteiger partial charge in [0.05, 0.1) is 0 Å². The van der Waals surface area contributed by atoms with Gasteiger partial charge in [-0.1, -0.05) is 31.5 Å². The first kappa shape index (κ1) is 11.0. The molecule has 1 aliphatic rings. The first-order chi connectivity index (χ1) is 6.03. The second-order valence-corrected chi connectivity index (χ2v) is 4.96. The lowest BCUT2D eigenvalue weighted by atomic mass is 9.94. The number of aliphatic hydroxyl groups is 1. The van der Waals surface area contributed by atoms with E-state index in [1.54, 1.807) is 0 Å². The molecule has 0 atom stereocenters. The maximum Gasteiger partial charge on any atom is 0.0494 e. The summed E-state index contributed by atoms with van der Waals surface area (Å²) in [6, 6.07) is 0. The average Bonchev–Trinajstić information content (AvgIpc) is 2.03. The van der Waals surface area contributed by atoms with E-state index in [1.807, 2.05) is 0 Å². The minimum atomic E-state index is -0.0193. The van der Waals surface area contributed by atoms with E-state index >= 15 is 0 Å². The maximum absolute atomic E-state index is 9.12. The van der Waals surface area contributed by atoms with Crippen LogP contribution in [0.25, 0.3) is 0 Å². The van der Waals surface area contributed by atoms with Gasteiger partial charge in [0, 0.05) is 36.7 Å². The third-order valence-electron chi connectivity index (χ3n) is 2.27. The fraction of sp³-hybridized carbons (Fsp3) is 0.800. The first-order valence-corrected chi connectivity index (χ1v) is 5.09. The normalized spacial score (nSPS) is 20.2. The average molecular weight is 204 g/mol. The molecule has 13 heavy (non-hydrogen) atoms. The molecule has 0 bridgehead atoms. The Labute approximate surface area is 85.2 Å². The third kappa shape index (κ3) is 3.67. The quantitative estimate of drug-likeness (QED) is 0.757. The highest BCUT2D eigenvalue weighted by molar-refractivity contribution is 6.29. The Bertz CT molecular complexity index is 201. The summed E-state index contributed by atoms with van der Waals surface area (Å²) in [4.78, 5) is 2.29. The van der Waals surface area contributed by atoms with E-state index in [0.29, 0.717) is 0 Å². The Kier molecular flexibility index (Phi) is 3.77. The zero-order valence-corrected chi connectivity index (χ0v) is 9.14. The molecule has 76 valence electrons. The molecule has 0 aromatic rings. The Balaban J connectivity index is 2.42. The van der Waals surface area contributed by atoms with Crippen LogP contribution in [0.4, 0.5) is 0 Å². The van der Waals surface area contributed by atoms with E-state index in [-0.39, 0.29) is 12.0 Å². The molecule has 1 N–H and O–H groups in total. The molecule has 0 saturated heterocycles. The monoisotopic (exact) mass is 203 g/mol. The van der Waals surface area contributed by atoms with Crippen LogP contribution in [-0.4, -0.2) is 36.2 Å². The van der Waals surface area contributed by atoms with Crippen LogP contribution >= 0.6 is 11.6 Å². The number of halogens is 1. The number of hydrogen-bond acceptors (Lipinski definition) is 2. The van der Waals surface area contributed by atoms with Gasteiger partial charge in [-0.25, -0.2) is 0 Å². The Morgan fingerprint density at radius 1 is 1.62 bits per heavy atom. The highest BCUT2D eigenvalue weighted by Gasteiger charge is 2.22. The molecule has 0 radical (unpaired) electrons. The fourth-order valence-corrected chi connectivity index (χ4v) is 1.83. The lowest BCUT2D eigenvalue weighted by Gasteiger charge is -2.32. The van der Waals surface area contributed by atoms with Crippen LogP contribution in [0.3, 0.4) is 0 Å². The van der Waals surface area contributed by atoms with Gasteiger partial charge >= 0.3 is 0 Å². The molecule has 0 amide bonds. The molecule has 3 heteroatoms. The molecule has 0 aromatic heterocycles. The van der Waals surface area contributed by atoms with Crippen LogP contribution < -0.4 is 0 Å². The molecule has 0 saturated carbocycles. The Morgan fingerprint density at radius 2 is 2.31 bits per heavy atom. The van der Waals surface area contributed by atoms with Gasteiger partial charge in [0.15, 0.2) is 0 Å². The lowest BCUT2D eigenvalue weighted by molar-refractivity contribution is 0.107. The number of rotatable bonds is 3. The molecular weight excluding hydrogens is 186 g/mol. The standard InChI is InChI=1S/C10H18ClNO/c1-10(2,8-13)7-12-5-3-4-9(11)6-12/h4,13H,3,5-8H2,1-2H3. The summed E-state index contributed by atoms with van der Waals surface area (Å²) in [6.07, 6.45) is 3.10. The zero-order valence-electron chi connectivity index (χ0n) is 8.39. The highest BCUT2D eigenvalue weighted by Crippen LogP contribution is 2.20. The molecule has 0 fully saturated rings. The Morgan fingerprint density at radius 3 is 2.85 bits per heavy atom. The lowest BCUT2D eigenvalue weighted by Crippen LogP contribution is -2.39. The van der Waals surface area contributed by atoms with E-state index < -0.39 is 0 Å². The molecule has 2 nitrogen and oxygen atoms in total. The van der Waals surface area contributed by atoms with Gasteiger partial charge in [0.2, 0.25) is 0 Å². The van der Waals surface area contributed by atoms with Gasteiger partial charge in [-0.05, 0) is 6.42 Å². The van der Waals surface area contributed by atoms with Gasteiger partial charge in [-0.3, -0.25) is 4.90 Å².